The Morgan fingerprint density at radius 2 is 1.77 bits per heavy atom. The van der Waals surface area contributed by atoms with Gasteiger partial charge in [-0.1, -0.05) is 12.1 Å². The number of ether oxygens (including phenoxy) is 2. The van der Waals surface area contributed by atoms with E-state index in [1.165, 1.54) is 22.3 Å². The number of hydrogen-bond donors (Lipinski definition) is 0. The van der Waals surface area contributed by atoms with Gasteiger partial charge < -0.3 is 9.47 Å². The highest BCUT2D eigenvalue weighted by Crippen LogP contribution is 2.26. The van der Waals surface area contributed by atoms with Crippen LogP contribution in [0.25, 0.3) is 5.69 Å². The number of hydrogen-bond acceptors (Lipinski definition) is 4. The molecule has 156 valence electrons. The number of nitrogens with zero attached hydrogens (tertiary/aromatic N) is 3. The summed E-state index contributed by atoms with van der Waals surface area (Å²) in [6.45, 7) is 9.49. The first-order valence-corrected chi connectivity index (χ1v) is 10.4. The summed E-state index contributed by atoms with van der Waals surface area (Å²) in [5, 5.41) is 4.28. The Morgan fingerprint density at radius 1 is 1.10 bits per heavy atom. The van der Waals surface area contributed by atoms with Gasteiger partial charge >= 0.3 is 0 Å². The average molecular weight is 404 g/mol. The molecule has 1 saturated heterocycles. The lowest BCUT2D eigenvalue weighted by molar-refractivity contribution is -0.253. The van der Waals surface area contributed by atoms with Gasteiger partial charge in [0.1, 0.15) is 0 Å². The van der Waals surface area contributed by atoms with Crippen LogP contribution in [0.1, 0.15) is 36.1 Å². The molecule has 0 saturated carbocycles. The lowest BCUT2D eigenvalue weighted by Gasteiger charge is -2.33. The van der Waals surface area contributed by atoms with Gasteiger partial charge in [0, 0.05) is 24.5 Å². The summed E-state index contributed by atoms with van der Waals surface area (Å²) in [7, 11) is 0. The van der Waals surface area contributed by atoms with Crippen molar-refractivity contribution in [3.63, 3.8) is 0 Å². The van der Waals surface area contributed by atoms with Gasteiger partial charge in [0.2, 0.25) is 0 Å². The van der Waals surface area contributed by atoms with Crippen molar-refractivity contribution in [3.05, 3.63) is 77.1 Å². The summed E-state index contributed by atoms with van der Waals surface area (Å²) in [4.78, 5) is 4.69. The van der Waals surface area contributed by atoms with Gasteiger partial charge in [0.15, 0.2) is 5.79 Å². The molecule has 1 aliphatic heterocycles. The van der Waals surface area contributed by atoms with Gasteiger partial charge in [0.05, 0.1) is 24.6 Å². The molecule has 2 aromatic carbocycles. The van der Waals surface area contributed by atoms with Crippen LogP contribution < -0.4 is 0 Å². The molecule has 1 aliphatic rings. The topological polar surface area (TPSA) is 48.6 Å². The maximum atomic E-state index is 5.71. The molecule has 5 heteroatoms. The molecule has 2 heterocycles. The standard InChI is InChI=1S/C25H29N3O2/c1-18-12-22(26-15-21-16-29-25(3,4)30-17-21)13-19(2)24(18)14-20-6-8-23(9-7-20)28-11-5-10-27-28/h5-13,15,21H,14,16-17H2,1-4H3. The quantitative estimate of drug-likeness (QED) is 0.552. The lowest BCUT2D eigenvalue weighted by atomic mass is 9.95. The van der Waals surface area contributed by atoms with Crippen LogP contribution >= 0.6 is 0 Å². The highest BCUT2D eigenvalue weighted by atomic mass is 16.7. The summed E-state index contributed by atoms with van der Waals surface area (Å²) in [5.41, 5.74) is 7.21. The Kier molecular flexibility index (Phi) is 5.84. The fourth-order valence-corrected chi connectivity index (χ4v) is 3.70. The van der Waals surface area contributed by atoms with Crippen LogP contribution in [0.4, 0.5) is 5.69 Å². The third kappa shape index (κ3) is 4.86. The highest BCUT2D eigenvalue weighted by Gasteiger charge is 2.27. The third-order valence-corrected chi connectivity index (χ3v) is 5.49. The molecule has 0 bridgehead atoms. The van der Waals surface area contributed by atoms with E-state index in [2.05, 4.69) is 55.3 Å². The summed E-state index contributed by atoms with van der Waals surface area (Å²) >= 11 is 0. The van der Waals surface area contributed by atoms with E-state index in [0.29, 0.717) is 13.2 Å². The van der Waals surface area contributed by atoms with Gasteiger partial charge in [-0.3, -0.25) is 4.99 Å². The van der Waals surface area contributed by atoms with E-state index >= 15 is 0 Å². The summed E-state index contributed by atoms with van der Waals surface area (Å²) in [5.74, 6) is -0.304. The van der Waals surface area contributed by atoms with Crippen molar-refractivity contribution in [2.45, 2.75) is 39.9 Å². The molecule has 0 radical (unpaired) electrons. The molecule has 0 spiro atoms. The Morgan fingerprint density at radius 3 is 2.37 bits per heavy atom. The van der Waals surface area contributed by atoms with E-state index in [9.17, 15) is 0 Å². The molecule has 1 fully saturated rings. The van der Waals surface area contributed by atoms with Crippen LogP contribution in [-0.2, 0) is 15.9 Å². The van der Waals surface area contributed by atoms with E-state index in [-0.39, 0.29) is 5.92 Å². The number of benzene rings is 2. The van der Waals surface area contributed by atoms with Crippen molar-refractivity contribution in [1.29, 1.82) is 0 Å². The third-order valence-electron chi connectivity index (χ3n) is 5.49. The Bertz CT molecular complexity index is 988. The van der Waals surface area contributed by atoms with E-state index < -0.39 is 5.79 Å². The first-order valence-electron chi connectivity index (χ1n) is 10.4. The first-order chi connectivity index (χ1) is 14.4. The molecular formula is C25H29N3O2. The van der Waals surface area contributed by atoms with Crippen molar-refractivity contribution in [2.75, 3.05) is 13.2 Å². The predicted octanol–water partition coefficient (Wildman–Crippen LogP) is 5.18. The molecule has 0 aliphatic carbocycles. The minimum Gasteiger partial charge on any atom is -0.350 e. The van der Waals surface area contributed by atoms with E-state index in [4.69, 9.17) is 14.5 Å². The zero-order chi connectivity index (χ0) is 21.1. The number of aryl methyl sites for hydroxylation is 2. The molecular weight excluding hydrogens is 374 g/mol. The highest BCUT2D eigenvalue weighted by molar-refractivity contribution is 5.67. The Balaban J connectivity index is 1.44. The molecule has 4 rings (SSSR count). The lowest BCUT2D eigenvalue weighted by Crippen LogP contribution is -2.39. The molecule has 3 aromatic rings. The fourth-order valence-electron chi connectivity index (χ4n) is 3.70. The molecule has 0 atom stereocenters. The molecule has 1 aromatic heterocycles. The monoisotopic (exact) mass is 403 g/mol. The Labute approximate surface area is 178 Å². The van der Waals surface area contributed by atoms with Gasteiger partial charge in [-0.25, -0.2) is 4.68 Å². The maximum Gasteiger partial charge on any atom is 0.162 e. The van der Waals surface area contributed by atoms with Crippen LogP contribution in [0.3, 0.4) is 0 Å². The minimum absolute atomic E-state index is 0.187. The largest absolute Gasteiger partial charge is 0.350 e. The molecule has 0 N–H and O–H groups in total. The molecule has 0 unspecified atom stereocenters. The van der Waals surface area contributed by atoms with Crippen molar-refractivity contribution in [1.82, 2.24) is 9.78 Å². The second-order valence-electron chi connectivity index (χ2n) is 8.41. The fraction of sp³-hybridized carbons (Fsp3) is 0.360. The van der Waals surface area contributed by atoms with Gasteiger partial charge in [-0.05, 0) is 86.7 Å². The summed E-state index contributed by atoms with van der Waals surface area (Å²) in [6, 6.07) is 14.8. The van der Waals surface area contributed by atoms with Gasteiger partial charge in [-0.2, -0.15) is 5.10 Å². The SMILES string of the molecule is Cc1cc(N=CC2COC(C)(C)OC2)cc(C)c1Cc1ccc(-n2cccn2)cc1. The van der Waals surface area contributed by atoms with E-state index in [1.54, 1.807) is 6.20 Å². The van der Waals surface area contributed by atoms with Crippen LogP contribution in [0.15, 0.2) is 59.9 Å². The Hall–Kier alpha value is -2.76. The van der Waals surface area contributed by atoms with Crippen molar-refractivity contribution < 1.29 is 9.47 Å². The second-order valence-corrected chi connectivity index (χ2v) is 8.41. The number of aliphatic imine (C=N–C) groups is 1. The van der Waals surface area contributed by atoms with E-state index in [0.717, 1.165) is 17.8 Å². The summed E-state index contributed by atoms with van der Waals surface area (Å²) in [6.07, 6.45) is 6.60. The van der Waals surface area contributed by atoms with Crippen molar-refractivity contribution >= 4 is 11.9 Å². The zero-order valence-electron chi connectivity index (χ0n) is 18.1. The molecule has 5 nitrogen and oxygen atoms in total. The van der Waals surface area contributed by atoms with Crippen molar-refractivity contribution in [3.8, 4) is 5.69 Å². The van der Waals surface area contributed by atoms with Crippen LogP contribution in [0, 0.1) is 19.8 Å². The predicted molar refractivity (Wildman–Crippen MR) is 120 cm³/mol. The van der Waals surface area contributed by atoms with E-state index in [1.807, 2.05) is 37.0 Å². The average Bonchev–Trinajstić information content (AvgIpc) is 3.25. The van der Waals surface area contributed by atoms with Crippen LogP contribution in [0.5, 0.6) is 0 Å². The van der Waals surface area contributed by atoms with Crippen LogP contribution in [-0.4, -0.2) is 35.0 Å². The first kappa shape index (κ1) is 20.5. The van der Waals surface area contributed by atoms with Crippen LogP contribution in [0.2, 0.25) is 0 Å². The maximum absolute atomic E-state index is 5.71. The zero-order valence-corrected chi connectivity index (χ0v) is 18.1. The van der Waals surface area contributed by atoms with Crippen molar-refractivity contribution in [2.24, 2.45) is 10.9 Å². The normalized spacial score (nSPS) is 16.9. The minimum atomic E-state index is -0.490. The molecule has 30 heavy (non-hydrogen) atoms. The second kappa shape index (κ2) is 8.54. The number of aromatic nitrogens is 2. The summed E-state index contributed by atoms with van der Waals surface area (Å²) < 4.78 is 13.3. The smallest absolute Gasteiger partial charge is 0.162 e. The molecule has 0 amide bonds. The number of rotatable bonds is 5. The van der Waals surface area contributed by atoms with Gasteiger partial charge in [0.25, 0.3) is 0 Å². The van der Waals surface area contributed by atoms with Gasteiger partial charge in [-0.15, -0.1) is 0 Å².